The molecule has 0 aliphatic carbocycles. The van der Waals surface area contributed by atoms with Crippen molar-refractivity contribution in [1.29, 1.82) is 0 Å². The number of aliphatic hydroxyl groups is 1. The average Bonchev–Trinajstić information content (AvgIpc) is 2.80. The topological polar surface area (TPSA) is 40.5 Å². The van der Waals surface area contributed by atoms with Gasteiger partial charge < -0.3 is 10.0 Å². The highest BCUT2D eigenvalue weighted by molar-refractivity contribution is 8.00. The summed E-state index contributed by atoms with van der Waals surface area (Å²) in [5.41, 5.74) is 0. The SMILES string of the molecule is CC1CCN(C(=O)CSc2cc(Cl)ccc2Cl)C1CO. The van der Waals surface area contributed by atoms with Gasteiger partial charge in [-0.15, -0.1) is 11.8 Å². The summed E-state index contributed by atoms with van der Waals surface area (Å²) in [7, 11) is 0. The Morgan fingerprint density at radius 1 is 1.50 bits per heavy atom. The van der Waals surface area contributed by atoms with E-state index in [2.05, 4.69) is 6.92 Å². The fourth-order valence-electron chi connectivity index (χ4n) is 2.41. The lowest BCUT2D eigenvalue weighted by molar-refractivity contribution is -0.130. The van der Waals surface area contributed by atoms with Gasteiger partial charge in [0.05, 0.1) is 23.4 Å². The van der Waals surface area contributed by atoms with Gasteiger partial charge in [0.1, 0.15) is 0 Å². The molecule has 2 unspecified atom stereocenters. The van der Waals surface area contributed by atoms with Crippen molar-refractivity contribution >= 4 is 40.9 Å². The highest BCUT2D eigenvalue weighted by Gasteiger charge is 2.33. The quantitative estimate of drug-likeness (QED) is 0.859. The van der Waals surface area contributed by atoms with Crippen LogP contribution in [0.25, 0.3) is 0 Å². The predicted molar refractivity (Wildman–Crippen MR) is 83.6 cm³/mol. The van der Waals surface area contributed by atoms with E-state index in [1.807, 2.05) is 0 Å². The summed E-state index contributed by atoms with van der Waals surface area (Å²) >= 11 is 13.4. The fraction of sp³-hybridized carbons (Fsp3) is 0.500. The molecule has 1 aliphatic rings. The third-order valence-corrected chi connectivity index (χ3v) is 5.35. The van der Waals surface area contributed by atoms with Crippen LogP contribution in [0.1, 0.15) is 13.3 Å². The van der Waals surface area contributed by atoms with Crippen LogP contribution in [0.2, 0.25) is 10.0 Å². The number of benzene rings is 1. The Balaban J connectivity index is 1.97. The number of carbonyl (C=O) groups excluding carboxylic acids is 1. The van der Waals surface area contributed by atoms with Crippen molar-refractivity contribution < 1.29 is 9.90 Å². The smallest absolute Gasteiger partial charge is 0.233 e. The lowest BCUT2D eigenvalue weighted by atomic mass is 10.0. The fourth-order valence-corrected chi connectivity index (χ4v) is 3.79. The molecule has 0 bridgehead atoms. The van der Waals surface area contributed by atoms with Crippen LogP contribution in [0.4, 0.5) is 0 Å². The second-order valence-corrected chi connectivity index (χ2v) is 6.83. The number of thioether (sulfide) groups is 1. The lowest BCUT2D eigenvalue weighted by Gasteiger charge is -2.25. The van der Waals surface area contributed by atoms with Crippen molar-refractivity contribution in [2.24, 2.45) is 5.92 Å². The van der Waals surface area contributed by atoms with Crippen LogP contribution in [-0.4, -0.2) is 40.9 Å². The van der Waals surface area contributed by atoms with Crippen LogP contribution < -0.4 is 0 Å². The number of likely N-dealkylation sites (tertiary alicyclic amines) is 1. The van der Waals surface area contributed by atoms with Crippen LogP contribution in [0.5, 0.6) is 0 Å². The van der Waals surface area contributed by atoms with Gasteiger partial charge in [-0.2, -0.15) is 0 Å². The minimum atomic E-state index is -0.0575. The third kappa shape index (κ3) is 3.61. The number of hydrogen-bond acceptors (Lipinski definition) is 3. The first-order valence-electron chi connectivity index (χ1n) is 6.51. The van der Waals surface area contributed by atoms with Gasteiger partial charge in [0.15, 0.2) is 0 Å². The van der Waals surface area contributed by atoms with E-state index >= 15 is 0 Å². The molecule has 0 radical (unpaired) electrons. The highest BCUT2D eigenvalue weighted by atomic mass is 35.5. The van der Waals surface area contributed by atoms with Crippen molar-refractivity contribution in [2.45, 2.75) is 24.3 Å². The summed E-state index contributed by atoms with van der Waals surface area (Å²) in [6, 6.07) is 5.15. The molecule has 110 valence electrons. The zero-order valence-electron chi connectivity index (χ0n) is 11.2. The Kier molecular flexibility index (Phi) is 5.61. The molecule has 0 aromatic heterocycles. The van der Waals surface area contributed by atoms with E-state index in [0.29, 0.717) is 21.7 Å². The summed E-state index contributed by atoms with van der Waals surface area (Å²) in [4.78, 5) is 14.8. The number of hydrogen-bond donors (Lipinski definition) is 1. The second-order valence-electron chi connectivity index (χ2n) is 4.97. The Bertz CT molecular complexity index is 498. The third-order valence-electron chi connectivity index (χ3n) is 3.63. The van der Waals surface area contributed by atoms with E-state index in [9.17, 15) is 9.90 Å². The molecule has 1 N–H and O–H groups in total. The molecule has 1 aromatic rings. The maximum absolute atomic E-state index is 12.2. The molecule has 0 saturated carbocycles. The zero-order valence-corrected chi connectivity index (χ0v) is 13.5. The summed E-state index contributed by atoms with van der Waals surface area (Å²) in [6.45, 7) is 2.81. The summed E-state index contributed by atoms with van der Waals surface area (Å²) in [5, 5.41) is 10.6. The van der Waals surface area contributed by atoms with Crippen molar-refractivity contribution in [3.05, 3.63) is 28.2 Å². The predicted octanol–water partition coefficient (Wildman–Crippen LogP) is 3.31. The van der Waals surface area contributed by atoms with Crippen LogP contribution >= 0.6 is 35.0 Å². The number of rotatable bonds is 4. The van der Waals surface area contributed by atoms with Crippen molar-refractivity contribution in [1.82, 2.24) is 4.90 Å². The lowest BCUT2D eigenvalue weighted by Crippen LogP contribution is -2.40. The largest absolute Gasteiger partial charge is 0.394 e. The van der Waals surface area contributed by atoms with Gasteiger partial charge in [0.2, 0.25) is 5.91 Å². The van der Waals surface area contributed by atoms with Gasteiger partial charge in [-0.25, -0.2) is 0 Å². The van der Waals surface area contributed by atoms with Crippen LogP contribution in [-0.2, 0) is 4.79 Å². The number of halogens is 2. The van der Waals surface area contributed by atoms with Gasteiger partial charge in [-0.05, 0) is 30.5 Å². The van der Waals surface area contributed by atoms with Gasteiger partial charge in [-0.3, -0.25) is 4.79 Å². The molecule has 0 spiro atoms. The van der Waals surface area contributed by atoms with E-state index in [4.69, 9.17) is 23.2 Å². The number of nitrogens with zero attached hydrogens (tertiary/aromatic N) is 1. The van der Waals surface area contributed by atoms with Gasteiger partial charge in [0.25, 0.3) is 0 Å². The molecule has 1 fully saturated rings. The van der Waals surface area contributed by atoms with E-state index in [1.165, 1.54) is 11.8 Å². The molecule has 1 aromatic carbocycles. The average molecular weight is 334 g/mol. The van der Waals surface area contributed by atoms with E-state index in [1.54, 1.807) is 23.1 Å². The molecule has 1 heterocycles. The van der Waals surface area contributed by atoms with Gasteiger partial charge >= 0.3 is 0 Å². The van der Waals surface area contributed by atoms with Crippen molar-refractivity contribution in [3.8, 4) is 0 Å². The molecule has 1 aliphatic heterocycles. The van der Waals surface area contributed by atoms with Crippen LogP contribution in [0, 0.1) is 5.92 Å². The number of amides is 1. The summed E-state index contributed by atoms with van der Waals surface area (Å²) in [6.07, 6.45) is 0.944. The number of aliphatic hydroxyl groups excluding tert-OH is 1. The molecular weight excluding hydrogens is 317 g/mol. The van der Waals surface area contributed by atoms with E-state index < -0.39 is 0 Å². The first-order valence-corrected chi connectivity index (χ1v) is 8.25. The first-order chi connectivity index (χ1) is 9.52. The Hall–Kier alpha value is -0.420. The molecule has 20 heavy (non-hydrogen) atoms. The molecule has 1 amide bonds. The van der Waals surface area contributed by atoms with Crippen molar-refractivity contribution in [2.75, 3.05) is 18.9 Å². The van der Waals surface area contributed by atoms with Gasteiger partial charge in [-0.1, -0.05) is 30.1 Å². The first kappa shape index (κ1) is 16.0. The minimum absolute atomic E-state index is 0.0233. The summed E-state index contributed by atoms with van der Waals surface area (Å²) in [5.74, 6) is 0.696. The maximum Gasteiger partial charge on any atom is 0.233 e. The molecule has 2 atom stereocenters. The molecule has 6 heteroatoms. The molecule has 1 saturated heterocycles. The molecular formula is C14H17Cl2NO2S. The zero-order chi connectivity index (χ0) is 14.7. The Morgan fingerprint density at radius 2 is 2.25 bits per heavy atom. The normalized spacial score (nSPS) is 22.3. The van der Waals surface area contributed by atoms with E-state index in [0.717, 1.165) is 17.9 Å². The minimum Gasteiger partial charge on any atom is -0.394 e. The molecule has 3 nitrogen and oxygen atoms in total. The van der Waals surface area contributed by atoms with Crippen molar-refractivity contribution in [3.63, 3.8) is 0 Å². The van der Waals surface area contributed by atoms with E-state index in [-0.39, 0.29) is 18.6 Å². The van der Waals surface area contributed by atoms with Crippen LogP contribution in [0.3, 0.4) is 0 Å². The maximum atomic E-state index is 12.2. The number of carbonyl (C=O) groups is 1. The Labute approximate surface area is 133 Å². The van der Waals surface area contributed by atoms with Crippen LogP contribution in [0.15, 0.2) is 23.1 Å². The van der Waals surface area contributed by atoms with Gasteiger partial charge in [0, 0.05) is 16.5 Å². The second kappa shape index (κ2) is 7.03. The highest BCUT2D eigenvalue weighted by Crippen LogP contribution is 2.31. The molecule has 2 rings (SSSR count). The standard InChI is InChI=1S/C14H17Cl2NO2S/c1-9-4-5-17(12(9)7-18)14(19)8-20-13-6-10(15)2-3-11(13)16/h2-3,6,9,12,18H,4-5,7-8H2,1H3. The Morgan fingerprint density at radius 3 is 2.95 bits per heavy atom. The monoisotopic (exact) mass is 333 g/mol. The summed E-state index contributed by atoms with van der Waals surface area (Å²) < 4.78 is 0.